The summed E-state index contributed by atoms with van der Waals surface area (Å²) in [6.07, 6.45) is 13.8. The minimum Gasteiger partial charge on any atom is -0.466 e. The largest absolute Gasteiger partial charge is 0.466 e. The average molecular weight is 471 g/mol. The van der Waals surface area contributed by atoms with Gasteiger partial charge in [0.05, 0.1) is 13.2 Å². The summed E-state index contributed by atoms with van der Waals surface area (Å²) in [6, 6.07) is 0. The molecule has 192 valence electrons. The van der Waals surface area contributed by atoms with Gasteiger partial charge in [-0.3, -0.25) is 0 Å². The number of carbonyl (C=O) groups excluding carboxylic acids is 1. The number of methoxy groups -OCH3 is 1. The Labute approximate surface area is 208 Å². The van der Waals surface area contributed by atoms with E-state index in [2.05, 4.69) is 47.6 Å². The van der Waals surface area contributed by atoms with Crippen molar-refractivity contribution in [2.45, 2.75) is 119 Å². The number of fused-ring (bicyclic) bond motifs is 4. The maximum Gasteiger partial charge on any atom is 0.333 e. The van der Waals surface area contributed by atoms with Gasteiger partial charge in [-0.05, 0) is 111 Å². The van der Waals surface area contributed by atoms with Crippen LogP contribution < -0.4 is 0 Å². The summed E-state index contributed by atoms with van der Waals surface area (Å²) in [6.45, 7) is 16.7. The van der Waals surface area contributed by atoms with E-state index in [1.807, 2.05) is 12.5 Å². The molecular formula is C31H50O3. The summed E-state index contributed by atoms with van der Waals surface area (Å²) in [7, 11) is 1.46. The van der Waals surface area contributed by atoms with Gasteiger partial charge in [0.25, 0.3) is 0 Å². The first kappa shape index (κ1) is 26.0. The minimum atomic E-state index is -0.206. The van der Waals surface area contributed by atoms with Crippen molar-refractivity contribution in [1.29, 1.82) is 0 Å². The molecule has 0 aromatic heterocycles. The highest BCUT2D eigenvalue weighted by Gasteiger charge is 2.63. The lowest BCUT2D eigenvalue weighted by Gasteiger charge is -2.62. The molecule has 0 radical (unpaired) electrons. The van der Waals surface area contributed by atoms with Gasteiger partial charge >= 0.3 is 5.97 Å². The molecule has 0 bridgehead atoms. The Morgan fingerprint density at radius 2 is 1.76 bits per heavy atom. The smallest absolute Gasteiger partial charge is 0.333 e. The van der Waals surface area contributed by atoms with Crippen LogP contribution in [-0.2, 0) is 9.53 Å². The van der Waals surface area contributed by atoms with Crippen molar-refractivity contribution in [1.82, 2.24) is 0 Å². The van der Waals surface area contributed by atoms with Gasteiger partial charge in [0, 0.05) is 5.57 Å². The molecule has 0 amide bonds. The first-order chi connectivity index (χ1) is 15.8. The number of aliphatic hydroxyl groups excluding tert-OH is 1. The zero-order valence-corrected chi connectivity index (χ0v) is 23.2. The fourth-order valence-corrected chi connectivity index (χ4v) is 9.64. The number of esters is 1. The SMILES string of the molecule is COC(=O)/C(C)=C\CC[C@H](C)[C@@H]1CC[C@]2(C)C3=C(CC[C@@]12C)[C@@]1(C)CC[C@@H](O)C(C)(C)[C@@H]1CC3. The van der Waals surface area contributed by atoms with Crippen LogP contribution in [0.2, 0.25) is 0 Å². The normalized spacial score (nSPS) is 42.5. The van der Waals surface area contributed by atoms with E-state index < -0.39 is 0 Å². The second-order valence-electron chi connectivity index (χ2n) is 13.7. The number of aliphatic hydroxyl groups is 1. The molecule has 0 aromatic carbocycles. The third kappa shape index (κ3) is 3.66. The van der Waals surface area contributed by atoms with E-state index in [9.17, 15) is 9.90 Å². The van der Waals surface area contributed by atoms with Crippen LogP contribution in [0.25, 0.3) is 0 Å². The number of hydrogen-bond donors (Lipinski definition) is 1. The lowest BCUT2D eigenvalue weighted by Crippen LogP contribution is -2.55. The maximum absolute atomic E-state index is 11.7. The number of rotatable bonds is 5. The number of allylic oxidation sites excluding steroid dienone is 3. The van der Waals surface area contributed by atoms with Crippen molar-refractivity contribution >= 4 is 5.97 Å². The molecule has 7 atom stereocenters. The summed E-state index contributed by atoms with van der Waals surface area (Å²) in [4.78, 5) is 11.7. The molecule has 0 saturated heterocycles. The first-order valence-electron chi connectivity index (χ1n) is 14.0. The predicted molar refractivity (Wildman–Crippen MR) is 139 cm³/mol. The monoisotopic (exact) mass is 470 g/mol. The molecule has 34 heavy (non-hydrogen) atoms. The average Bonchev–Trinajstić information content (AvgIpc) is 3.07. The quantitative estimate of drug-likeness (QED) is 0.255. The van der Waals surface area contributed by atoms with E-state index in [1.165, 1.54) is 45.6 Å². The van der Waals surface area contributed by atoms with Crippen molar-refractivity contribution in [3.63, 3.8) is 0 Å². The second kappa shape index (κ2) is 8.79. The van der Waals surface area contributed by atoms with Crippen molar-refractivity contribution in [2.24, 2.45) is 39.4 Å². The van der Waals surface area contributed by atoms with E-state index in [-0.39, 0.29) is 22.9 Å². The molecule has 0 aromatic rings. The maximum atomic E-state index is 11.7. The van der Waals surface area contributed by atoms with Crippen molar-refractivity contribution < 1.29 is 14.6 Å². The predicted octanol–water partition coefficient (Wildman–Crippen LogP) is 7.63. The van der Waals surface area contributed by atoms with Crippen molar-refractivity contribution in [2.75, 3.05) is 7.11 Å². The van der Waals surface area contributed by atoms with Crippen LogP contribution in [0.5, 0.6) is 0 Å². The Morgan fingerprint density at radius 3 is 2.44 bits per heavy atom. The van der Waals surface area contributed by atoms with Gasteiger partial charge in [0.15, 0.2) is 0 Å². The van der Waals surface area contributed by atoms with Crippen LogP contribution >= 0.6 is 0 Å². The topological polar surface area (TPSA) is 46.5 Å². The molecule has 3 nitrogen and oxygen atoms in total. The zero-order chi connectivity index (χ0) is 25.1. The van der Waals surface area contributed by atoms with Crippen LogP contribution in [0.4, 0.5) is 0 Å². The Bertz CT molecular complexity index is 881. The molecule has 3 heteroatoms. The van der Waals surface area contributed by atoms with Gasteiger partial charge in [-0.15, -0.1) is 0 Å². The molecule has 4 rings (SSSR count). The molecule has 1 N–H and O–H groups in total. The van der Waals surface area contributed by atoms with Crippen molar-refractivity contribution in [3.8, 4) is 0 Å². The molecule has 2 saturated carbocycles. The standard InChI is InChI=1S/C31H50O3/c1-20(10-9-11-21(2)27(33)34-8)22-14-18-31(7)24-12-13-25-28(3,4)26(32)16-17-29(25,5)23(24)15-19-30(22,31)6/h11,20,22,25-26,32H,9-10,12-19H2,1-8H3/b21-11-/t20-,22-,25-,26+,29+,30-,31+/m0/s1. The highest BCUT2D eigenvalue weighted by molar-refractivity contribution is 5.87. The summed E-state index contributed by atoms with van der Waals surface area (Å²) in [5, 5.41) is 10.8. The van der Waals surface area contributed by atoms with E-state index in [0.29, 0.717) is 22.7 Å². The fourth-order valence-electron chi connectivity index (χ4n) is 9.64. The number of hydrogen-bond acceptors (Lipinski definition) is 3. The van der Waals surface area contributed by atoms with Gasteiger partial charge in [-0.2, -0.15) is 0 Å². The van der Waals surface area contributed by atoms with Crippen molar-refractivity contribution in [3.05, 3.63) is 22.8 Å². The van der Waals surface area contributed by atoms with Gasteiger partial charge < -0.3 is 9.84 Å². The second-order valence-corrected chi connectivity index (χ2v) is 13.7. The van der Waals surface area contributed by atoms with Crippen LogP contribution in [0.3, 0.4) is 0 Å². The van der Waals surface area contributed by atoms with E-state index in [0.717, 1.165) is 37.2 Å². The lowest BCUT2D eigenvalue weighted by molar-refractivity contribution is -0.136. The molecule has 4 aliphatic carbocycles. The third-order valence-corrected chi connectivity index (χ3v) is 12.1. The molecule has 0 spiro atoms. The molecule has 4 aliphatic rings. The zero-order valence-electron chi connectivity index (χ0n) is 23.2. The highest BCUT2D eigenvalue weighted by Crippen LogP contribution is 2.72. The molecule has 0 aliphatic heterocycles. The minimum absolute atomic E-state index is 0.00968. The van der Waals surface area contributed by atoms with E-state index in [1.54, 1.807) is 5.57 Å². The van der Waals surface area contributed by atoms with Gasteiger partial charge in [0.2, 0.25) is 0 Å². The summed E-state index contributed by atoms with van der Waals surface area (Å²) in [5.74, 6) is 1.79. The summed E-state index contributed by atoms with van der Waals surface area (Å²) < 4.78 is 4.86. The summed E-state index contributed by atoms with van der Waals surface area (Å²) >= 11 is 0. The third-order valence-electron chi connectivity index (χ3n) is 12.1. The Kier molecular flexibility index (Phi) is 6.71. The van der Waals surface area contributed by atoms with Crippen LogP contribution in [0.15, 0.2) is 22.8 Å². The Morgan fingerprint density at radius 1 is 1.06 bits per heavy atom. The van der Waals surface area contributed by atoms with E-state index >= 15 is 0 Å². The van der Waals surface area contributed by atoms with Gasteiger partial charge in [-0.25, -0.2) is 4.79 Å². The molecule has 0 heterocycles. The Hall–Kier alpha value is -1.09. The van der Waals surface area contributed by atoms with Crippen LogP contribution in [0.1, 0.15) is 113 Å². The molecule has 2 fully saturated rings. The Balaban J connectivity index is 1.57. The van der Waals surface area contributed by atoms with Gasteiger partial charge in [0.1, 0.15) is 0 Å². The highest BCUT2D eigenvalue weighted by atomic mass is 16.5. The van der Waals surface area contributed by atoms with E-state index in [4.69, 9.17) is 4.74 Å². The summed E-state index contributed by atoms with van der Waals surface area (Å²) in [5.41, 5.74) is 5.30. The fraction of sp³-hybridized carbons (Fsp3) is 0.839. The van der Waals surface area contributed by atoms with Crippen LogP contribution in [0, 0.1) is 39.4 Å². The molecular weight excluding hydrogens is 420 g/mol. The first-order valence-corrected chi connectivity index (χ1v) is 14.0. The molecule has 0 unspecified atom stereocenters. The van der Waals surface area contributed by atoms with Crippen LogP contribution in [-0.4, -0.2) is 24.3 Å². The lowest BCUT2D eigenvalue weighted by atomic mass is 9.43. The van der Waals surface area contributed by atoms with Gasteiger partial charge in [-0.1, -0.05) is 58.8 Å². The number of ether oxygens (including phenoxy) is 1. The number of carbonyl (C=O) groups is 1.